The van der Waals surface area contributed by atoms with Gasteiger partial charge in [0.25, 0.3) is 5.91 Å². The normalized spacial score (nSPS) is 15.4. The zero-order chi connectivity index (χ0) is 20.8. The number of ether oxygens (including phenoxy) is 1. The molecule has 1 aromatic carbocycles. The third kappa shape index (κ3) is 3.32. The molecule has 1 aliphatic rings. The second-order valence-electron chi connectivity index (χ2n) is 7.71. The molecule has 1 N–H and O–H groups in total. The van der Waals surface area contributed by atoms with E-state index in [1.807, 2.05) is 12.4 Å². The molecule has 0 saturated heterocycles. The van der Waals surface area contributed by atoms with Crippen molar-refractivity contribution in [3.8, 4) is 16.9 Å². The number of hydrogen-bond acceptors (Lipinski definition) is 4. The van der Waals surface area contributed by atoms with Crippen LogP contribution in [0.25, 0.3) is 16.8 Å². The Kier molecular flexibility index (Phi) is 4.72. The van der Waals surface area contributed by atoms with Gasteiger partial charge in [0.2, 0.25) is 0 Å². The molecular weight excluding hydrogens is 378 g/mol. The Hall–Kier alpha value is -3.03. The third-order valence-corrected chi connectivity index (χ3v) is 5.79. The SMILES string of the molecule is CNC(=O)c1c(C)cc(-c2cnn3cc(C4(C)CCC4)cnc23)cc1OC(F)F. The minimum absolute atomic E-state index is 0.0844. The number of carbonyl (C=O) groups is 1. The Bertz CT molecular complexity index is 1090. The van der Waals surface area contributed by atoms with Gasteiger partial charge in [0.15, 0.2) is 5.65 Å². The molecule has 3 aromatic rings. The second-order valence-corrected chi connectivity index (χ2v) is 7.71. The lowest BCUT2D eigenvalue weighted by atomic mass is 9.67. The highest BCUT2D eigenvalue weighted by atomic mass is 19.3. The van der Waals surface area contributed by atoms with Crippen LogP contribution in [0.3, 0.4) is 0 Å². The molecular formula is C21H22F2N4O2. The van der Waals surface area contributed by atoms with E-state index >= 15 is 0 Å². The lowest BCUT2D eigenvalue weighted by Crippen LogP contribution is -2.30. The molecule has 0 radical (unpaired) electrons. The van der Waals surface area contributed by atoms with Crippen LogP contribution >= 0.6 is 0 Å². The van der Waals surface area contributed by atoms with Crippen LogP contribution in [0.5, 0.6) is 5.75 Å². The van der Waals surface area contributed by atoms with E-state index in [4.69, 9.17) is 0 Å². The molecule has 2 heterocycles. The van der Waals surface area contributed by atoms with Crippen LogP contribution < -0.4 is 10.1 Å². The summed E-state index contributed by atoms with van der Waals surface area (Å²) in [6, 6.07) is 3.19. The molecule has 4 rings (SSSR count). The van der Waals surface area contributed by atoms with Crippen LogP contribution in [-0.4, -0.2) is 34.2 Å². The molecule has 0 bridgehead atoms. The number of benzene rings is 1. The smallest absolute Gasteiger partial charge is 0.387 e. The molecule has 0 spiro atoms. The number of aryl methyl sites for hydroxylation is 1. The number of carbonyl (C=O) groups excluding carboxylic acids is 1. The van der Waals surface area contributed by atoms with Crippen LogP contribution in [-0.2, 0) is 5.41 Å². The summed E-state index contributed by atoms with van der Waals surface area (Å²) in [7, 11) is 1.44. The minimum atomic E-state index is -3.04. The zero-order valence-corrected chi connectivity index (χ0v) is 16.5. The highest BCUT2D eigenvalue weighted by Gasteiger charge is 2.34. The van der Waals surface area contributed by atoms with Crippen molar-refractivity contribution >= 4 is 11.6 Å². The van der Waals surface area contributed by atoms with E-state index in [1.54, 1.807) is 23.7 Å². The predicted octanol–water partition coefficient (Wildman–Crippen LogP) is 4.11. The lowest BCUT2D eigenvalue weighted by Gasteiger charge is -2.38. The number of aromatic nitrogens is 3. The van der Waals surface area contributed by atoms with Gasteiger partial charge in [0.1, 0.15) is 5.75 Å². The van der Waals surface area contributed by atoms with Crippen molar-refractivity contribution in [3.63, 3.8) is 0 Å². The minimum Gasteiger partial charge on any atom is -0.434 e. The van der Waals surface area contributed by atoms with Crippen molar-refractivity contribution in [2.75, 3.05) is 7.05 Å². The maximum atomic E-state index is 12.9. The maximum absolute atomic E-state index is 12.9. The first-order chi connectivity index (χ1) is 13.8. The summed E-state index contributed by atoms with van der Waals surface area (Å²) in [4.78, 5) is 16.7. The van der Waals surface area contributed by atoms with E-state index in [0.717, 1.165) is 18.4 Å². The van der Waals surface area contributed by atoms with Crippen molar-refractivity contribution in [1.29, 1.82) is 0 Å². The van der Waals surface area contributed by atoms with Gasteiger partial charge in [-0.3, -0.25) is 4.79 Å². The van der Waals surface area contributed by atoms with Crippen molar-refractivity contribution in [2.24, 2.45) is 0 Å². The number of alkyl halides is 2. The molecule has 2 aromatic heterocycles. The number of nitrogens with one attached hydrogen (secondary N) is 1. The van der Waals surface area contributed by atoms with E-state index in [2.05, 4.69) is 27.1 Å². The Morgan fingerprint density at radius 2 is 2.07 bits per heavy atom. The van der Waals surface area contributed by atoms with Crippen molar-refractivity contribution in [1.82, 2.24) is 19.9 Å². The van der Waals surface area contributed by atoms with Gasteiger partial charge in [-0.05, 0) is 47.9 Å². The van der Waals surface area contributed by atoms with Crippen LogP contribution in [0, 0.1) is 6.92 Å². The quantitative estimate of drug-likeness (QED) is 0.700. The van der Waals surface area contributed by atoms with E-state index < -0.39 is 12.5 Å². The summed E-state index contributed by atoms with van der Waals surface area (Å²) in [5, 5.41) is 6.87. The molecule has 6 nitrogen and oxygen atoms in total. The fourth-order valence-corrected chi connectivity index (χ4v) is 3.90. The van der Waals surface area contributed by atoms with Crippen molar-refractivity contribution < 1.29 is 18.3 Å². The Morgan fingerprint density at radius 3 is 2.69 bits per heavy atom. The number of nitrogens with zero attached hydrogens (tertiary/aromatic N) is 3. The van der Waals surface area contributed by atoms with Crippen LogP contribution in [0.2, 0.25) is 0 Å². The number of amides is 1. The number of fused-ring (bicyclic) bond motifs is 1. The van der Waals surface area contributed by atoms with E-state index in [0.29, 0.717) is 22.3 Å². The summed E-state index contributed by atoms with van der Waals surface area (Å²) in [5.74, 6) is -0.659. The molecule has 0 unspecified atom stereocenters. The summed E-state index contributed by atoms with van der Waals surface area (Å²) in [6.45, 7) is 0.862. The predicted molar refractivity (Wildman–Crippen MR) is 104 cm³/mol. The lowest BCUT2D eigenvalue weighted by molar-refractivity contribution is -0.0501. The van der Waals surface area contributed by atoms with Crippen LogP contribution in [0.15, 0.2) is 30.7 Å². The molecule has 29 heavy (non-hydrogen) atoms. The summed E-state index contributed by atoms with van der Waals surface area (Å²) < 4.78 is 32.2. The molecule has 1 amide bonds. The highest BCUT2D eigenvalue weighted by molar-refractivity contribution is 5.99. The summed E-state index contributed by atoms with van der Waals surface area (Å²) >= 11 is 0. The first-order valence-corrected chi connectivity index (χ1v) is 9.48. The topological polar surface area (TPSA) is 68.5 Å². The van der Waals surface area contributed by atoms with Gasteiger partial charge >= 0.3 is 6.61 Å². The first-order valence-electron chi connectivity index (χ1n) is 9.48. The molecule has 0 atom stereocenters. The van der Waals surface area contributed by atoms with E-state index in [9.17, 15) is 13.6 Å². The summed E-state index contributed by atoms with van der Waals surface area (Å²) in [5.41, 5.74) is 3.79. The van der Waals surface area contributed by atoms with Gasteiger partial charge in [-0.1, -0.05) is 19.4 Å². The fraction of sp³-hybridized carbons (Fsp3) is 0.381. The summed E-state index contributed by atoms with van der Waals surface area (Å²) in [6.07, 6.45) is 8.96. The Morgan fingerprint density at radius 1 is 1.31 bits per heavy atom. The largest absolute Gasteiger partial charge is 0.434 e. The maximum Gasteiger partial charge on any atom is 0.387 e. The monoisotopic (exact) mass is 400 g/mol. The number of halogens is 2. The highest BCUT2D eigenvalue weighted by Crippen LogP contribution is 2.43. The van der Waals surface area contributed by atoms with Gasteiger partial charge in [-0.25, -0.2) is 9.50 Å². The van der Waals surface area contributed by atoms with E-state index in [1.165, 1.54) is 19.5 Å². The number of rotatable bonds is 5. The van der Waals surface area contributed by atoms with Gasteiger partial charge in [-0.15, -0.1) is 0 Å². The third-order valence-electron chi connectivity index (χ3n) is 5.79. The van der Waals surface area contributed by atoms with Crippen molar-refractivity contribution in [2.45, 2.75) is 45.1 Å². The average molecular weight is 400 g/mol. The van der Waals surface area contributed by atoms with Gasteiger partial charge in [0.05, 0.1) is 11.8 Å². The molecule has 0 aliphatic heterocycles. The van der Waals surface area contributed by atoms with Crippen LogP contribution in [0.4, 0.5) is 8.78 Å². The molecule has 1 saturated carbocycles. The molecule has 152 valence electrons. The first kappa shape index (κ1) is 19.3. The molecule has 1 fully saturated rings. The van der Waals surface area contributed by atoms with Crippen LogP contribution in [0.1, 0.15) is 47.7 Å². The average Bonchev–Trinajstić information content (AvgIpc) is 3.08. The molecule has 1 aliphatic carbocycles. The van der Waals surface area contributed by atoms with Gasteiger partial charge in [-0.2, -0.15) is 13.9 Å². The Balaban J connectivity index is 1.81. The fourth-order valence-electron chi connectivity index (χ4n) is 3.90. The van der Waals surface area contributed by atoms with Gasteiger partial charge in [0, 0.05) is 25.0 Å². The number of hydrogen-bond donors (Lipinski definition) is 1. The Labute approximate surface area is 166 Å². The van der Waals surface area contributed by atoms with Gasteiger partial charge < -0.3 is 10.1 Å². The molecule has 8 heteroatoms. The standard InChI is InChI=1S/C21H22F2N4O2/c1-12-7-13(8-16(29-20(22)23)17(12)19(28)24-3)15-10-26-27-11-14(9-25-18(15)27)21(2)5-4-6-21/h7-11,20H,4-6H2,1-3H3,(H,24,28). The zero-order valence-electron chi connectivity index (χ0n) is 16.5. The van der Waals surface area contributed by atoms with E-state index in [-0.39, 0.29) is 16.7 Å². The second kappa shape index (κ2) is 7.09. The van der Waals surface area contributed by atoms with Crippen molar-refractivity contribution in [3.05, 3.63) is 47.4 Å².